The fourth-order valence-corrected chi connectivity index (χ4v) is 2.03. The molecule has 1 N–H and O–H groups in total. The van der Waals surface area contributed by atoms with E-state index in [2.05, 4.69) is 15.3 Å². The molecular weight excluding hydrogens is 286 g/mol. The third kappa shape index (κ3) is 3.55. The Labute approximate surface area is 119 Å². The van der Waals surface area contributed by atoms with Gasteiger partial charge in [0.15, 0.2) is 0 Å². The largest absolute Gasteiger partial charge is 0.419 e. The highest BCUT2D eigenvalue weighted by Gasteiger charge is 2.34. The predicted octanol–water partition coefficient (Wildman–Crippen LogP) is 3.33. The second-order valence-corrected chi connectivity index (χ2v) is 4.40. The van der Waals surface area contributed by atoms with Crippen LogP contribution in [0.2, 0.25) is 0 Å². The molecule has 0 spiro atoms. The first kappa shape index (κ1) is 15.4. The molecule has 0 fully saturated rings. The lowest BCUT2D eigenvalue weighted by Crippen LogP contribution is -2.23. The molecule has 0 aliphatic heterocycles. The van der Waals surface area contributed by atoms with Gasteiger partial charge in [0.1, 0.15) is 12.1 Å². The normalized spacial score (nSPS) is 13.2. The first-order chi connectivity index (χ1) is 9.93. The van der Waals surface area contributed by atoms with Crippen LogP contribution in [0.1, 0.15) is 29.7 Å². The first-order valence-electron chi connectivity index (χ1n) is 6.28. The highest BCUT2D eigenvalue weighted by atomic mass is 19.4. The van der Waals surface area contributed by atoms with Gasteiger partial charge in [-0.15, -0.1) is 0 Å². The smallest absolute Gasteiger partial charge is 0.306 e. The van der Waals surface area contributed by atoms with Gasteiger partial charge in [0, 0.05) is 18.0 Å². The zero-order valence-electron chi connectivity index (χ0n) is 11.2. The molecule has 0 amide bonds. The Kier molecular flexibility index (Phi) is 4.52. The van der Waals surface area contributed by atoms with Crippen molar-refractivity contribution in [2.24, 2.45) is 0 Å². The van der Waals surface area contributed by atoms with Gasteiger partial charge in [0.2, 0.25) is 0 Å². The summed E-state index contributed by atoms with van der Waals surface area (Å²) in [5.74, 6) is -1.29. The van der Waals surface area contributed by atoms with Gasteiger partial charge >= 0.3 is 6.18 Å². The third-order valence-electron chi connectivity index (χ3n) is 2.95. The molecule has 7 heteroatoms. The molecule has 0 saturated heterocycles. The van der Waals surface area contributed by atoms with Gasteiger partial charge in [-0.1, -0.05) is 13.0 Å². The lowest BCUT2D eigenvalue weighted by atomic mass is 9.98. The Bertz CT molecular complexity index is 599. The molecule has 0 saturated carbocycles. The van der Waals surface area contributed by atoms with Crippen molar-refractivity contribution >= 4 is 0 Å². The summed E-state index contributed by atoms with van der Waals surface area (Å²) in [6.07, 6.45) is -0.379. The van der Waals surface area contributed by atoms with E-state index in [4.69, 9.17) is 0 Å². The van der Waals surface area contributed by atoms with Crippen molar-refractivity contribution in [1.82, 2.24) is 15.3 Å². The summed E-state index contributed by atoms with van der Waals surface area (Å²) in [6.45, 7) is 2.35. The van der Waals surface area contributed by atoms with E-state index in [-0.39, 0.29) is 0 Å². The van der Waals surface area contributed by atoms with Gasteiger partial charge < -0.3 is 5.32 Å². The summed E-state index contributed by atoms with van der Waals surface area (Å²) in [7, 11) is 0. The van der Waals surface area contributed by atoms with Gasteiger partial charge in [0.05, 0.1) is 11.6 Å². The Morgan fingerprint density at radius 1 is 1.14 bits per heavy atom. The number of rotatable bonds is 4. The number of aromatic nitrogens is 2. The van der Waals surface area contributed by atoms with Crippen molar-refractivity contribution in [2.75, 3.05) is 6.54 Å². The zero-order chi connectivity index (χ0) is 15.5. The van der Waals surface area contributed by atoms with E-state index in [0.717, 1.165) is 12.1 Å². The van der Waals surface area contributed by atoms with Crippen molar-refractivity contribution in [3.05, 3.63) is 59.4 Å². The van der Waals surface area contributed by atoms with E-state index in [9.17, 15) is 17.6 Å². The third-order valence-corrected chi connectivity index (χ3v) is 2.95. The van der Waals surface area contributed by atoms with Crippen molar-refractivity contribution in [1.29, 1.82) is 0 Å². The minimum Gasteiger partial charge on any atom is -0.306 e. The van der Waals surface area contributed by atoms with Crippen LogP contribution in [0.15, 0.2) is 36.9 Å². The number of nitrogens with zero attached hydrogens (tertiary/aromatic N) is 2. The lowest BCUT2D eigenvalue weighted by Gasteiger charge is -2.19. The van der Waals surface area contributed by atoms with Gasteiger partial charge in [-0.3, -0.25) is 0 Å². The molecule has 1 aromatic carbocycles. The van der Waals surface area contributed by atoms with Crippen LogP contribution in [0.4, 0.5) is 17.6 Å². The molecule has 2 aromatic rings. The average Bonchev–Trinajstić information content (AvgIpc) is 2.45. The molecule has 3 nitrogen and oxygen atoms in total. The number of nitrogens with one attached hydrogen (secondary N) is 1. The minimum atomic E-state index is -4.73. The fraction of sp³-hybridized carbons (Fsp3) is 0.286. The number of alkyl halides is 3. The van der Waals surface area contributed by atoms with E-state index >= 15 is 0 Å². The molecule has 2 rings (SSSR count). The van der Waals surface area contributed by atoms with Crippen LogP contribution in [0, 0.1) is 5.82 Å². The molecule has 1 heterocycles. The van der Waals surface area contributed by atoms with Gasteiger partial charge in [-0.05, 0) is 24.2 Å². The lowest BCUT2D eigenvalue weighted by molar-refractivity contribution is -0.140. The summed E-state index contributed by atoms with van der Waals surface area (Å²) < 4.78 is 51.7. The van der Waals surface area contributed by atoms with E-state index < -0.39 is 23.6 Å². The molecule has 0 bridgehead atoms. The number of hydrogen-bond donors (Lipinski definition) is 1. The molecule has 0 aliphatic rings. The van der Waals surface area contributed by atoms with Gasteiger partial charge in [-0.2, -0.15) is 13.2 Å². The number of hydrogen-bond acceptors (Lipinski definition) is 3. The van der Waals surface area contributed by atoms with Crippen LogP contribution in [0.3, 0.4) is 0 Å². The van der Waals surface area contributed by atoms with E-state index in [1.54, 1.807) is 0 Å². The summed E-state index contributed by atoms with van der Waals surface area (Å²) >= 11 is 0. The van der Waals surface area contributed by atoms with Crippen molar-refractivity contribution < 1.29 is 17.6 Å². The van der Waals surface area contributed by atoms with Crippen LogP contribution >= 0.6 is 0 Å². The average molecular weight is 299 g/mol. The van der Waals surface area contributed by atoms with E-state index in [1.807, 2.05) is 6.92 Å². The minimum absolute atomic E-state index is 0.306. The monoisotopic (exact) mass is 299 g/mol. The quantitative estimate of drug-likeness (QED) is 0.880. The molecule has 0 aliphatic carbocycles. The SMILES string of the molecule is CCNC(c1cncnc1)c1ccc(F)c(C(F)(F)F)c1. The number of halogens is 4. The van der Waals surface area contributed by atoms with Crippen LogP contribution in [0.5, 0.6) is 0 Å². The maximum atomic E-state index is 13.4. The molecule has 1 aromatic heterocycles. The van der Waals surface area contributed by atoms with Crippen LogP contribution in [0.25, 0.3) is 0 Å². The summed E-state index contributed by atoms with van der Waals surface area (Å²) in [5, 5.41) is 3.04. The molecule has 0 radical (unpaired) electrons. The van der Waals surface area contributed by atoms with Gasteiger partial charge in [-0.25, -0.2) is 14.4 Å². The summed E-state index contributed by atoms with van der Waals surface area (Å²) in [4.78, 5) is 7.71. The predicted molar refractivity (Wildman–Crippen MR) is 69.0 cm³/mol. The maximum Gasteiger partial charge on any atom is 0.419 e. The van der Waals surface area contributed by atoms with Crippen molar-refractivity contribution in [3.8, 4) is 0 Å². The Balaban J connectivity index is 2.47. The van der Waals surface area contributed by atoms with Crippen LogP contribution < -0.4 is 5.32 Å². The van der Waals surface area contributed by atoms with Crippen molar-refractivity contribution in [2.45, 2.75) is 19.1 Å². The number of benzene rings is 1. The van der Waals surface area contributed by atoms with Gasteiger partial charge in [0.25, 0.3) is 0 Å². The Morgan fingerprint density at radius 2 is 1.81 bits per heavy atom. The van der Waals surface area contributed by atoms with Crippen LogP contribution in [-0.2, 0) is 6.18 Å². The fourth-order valence-electron chi connectivity index (χ4n) is 2.03. The van der Waals surface area contributed by atoms with E-state index in [1.165, 1.54) is 24.8 Å². The van der Waals surface area contributed by atoms with E-state index in [0.29, 0.717) is 17.7 Å². The summed E-state index contributed by atoms with van der Waals surface area (Å²) in [6, 6.07) is 2.44. The highest BCUT2D eigenvalue weighted by Crippen LogP contribution is 2.34. The molecule has 1 unspecified atom stereocenters. The molecule has 112 valence electrons. The topological polar surface area (TPSA) is 37.8 Å². The maximum absolute atomic E-state index is 13.4. The highest BCUT2D eigenvalue weighted by molar-refractivity contribution is 5.34. The zero-order valence-corrected chi connectivity index (χ0v) is 11.2. The molecule has 1 atom stereocenters. The molecular formula is C14H13F4N3. The summed E-state index contributed by atoms with van der Waals surface area (Å²) in [5.41, 5.74) is -0.362. The first-order valence-corrected chi connectivity index (χ1v) is 6.28. The Hall–Kier alpha value is -2.02. The Morgan fingerprint density at radius 3 is 2.38 bits per heavy atom. The van der Waals surface area contributed by atoms with Crippen molar-refractivity contribution in [3.63, 3.8) is 0 Å². The standard InChI is InChI=1S/C14H13F4N3/c1-2-21-13(10-6-19-8-20-7-10)9-3-4-12(15)11(5-9)14(16,17)18/h3-8,13,21H,2H2,1H3. The molecule has 21 heavy (non-hydrogen) atoms. The van der Waals surface area contributed by atoms with Crippen LogP contribution in [-0.4, -0.2) is 16.5 Å². The second kappa shape index (κ2) is 6.17. The second-order valence-electron chi connectivity index (χ2n) is 4.40.